The van der Waals surface area contributed by atoms with Crippen LogP contribution in [0.3, 0.4) is 0 Å². The van der Waals surface area contributed by atoms with Crippen LogP contribution in [0.4, 0.5) is 5.69 Å². The predicted molar refractivity (Wildman–Crippen MR) is 135 cm³/mol. The zero-order chi connectivity index (χ0) is 24.6. The maximum absolute atomic E-state index is 12.7. The molecule has 4 aromatic carbocycles. The molecule has 6 nitrogen and oxygen atoms in total. The number of rotatable bonds is 7. The standard InChI is InChI=1S/C29H22N2O4/c1-34-29(33)22-12-14-26(15-13-22)31-28(32)25(18-30)17-24-8-4-5-9-27(24)35-19-20-10-11-21-6-2-3-7-23(21)16-20/h2-17H,19H2,1H3,(H,31,32)/b25-17+. The molecular formula is C29H22N2O4. The smallest absolute Gasteiger partial charge is 0.337 e. The number of fused-ring (bicyclic) bond motifs is 1. The summed E-state index contributed by atoms with van der Waals surface area (Å²) in [6, 6.07) is 29.6. The SMILES string of the molecule is COC(=O)c1ccc(NC(=O)/C(C#N)=C/c2ccccc2OCc2ccc3ccccc3c2)cc1. The van der Waals surface area contributed by atoms with Crippen molar-refractivity contribution in [2.75, 3.05) is 12.4 Å². The fourth-order valence-corrected chi connectivity index (χ4v) is 3.53. The number of amides is 1. The van der Waals surface area contributed by atoms with Crippen LogP contribution in [-0.4, -0.2) is 19.0 Å². The molecule has 0 heterocycles. The molecule has 0 unspecified atom stereocenters. The van der Waals surface area contributed by atoms with Crippen molar-refractivity contribution in [1.82, 2.24) is 0 Å². The van der Waals surface area contributed by atoms with E-state index in [1.165, 1.54) is 25.3 Å². The van der Waals surface area contributed by atoms with E-state index in [0.29, 0.717) is 29.2 Å². The van der Waals surface area contributed by atoms with Crippen LogP contribution in [0.5, 0.6) is 5.75 Å². The number of hydrogen-bond acceptors (Lipinski definition) is 5. The highest BCUT2D eigenvalue weighted by Gasteiger charge is 2.12. The molecule has 0 aromatic heterocycles. The number of ether oxygens (including phenoxy) is 2. The van der Waals surface area contributed by atoms with Gasteiger partial charge in [0, 0.05) is 11.3 Å². The van der Waals surface area contributed by atoms with Crippen molar-refractivity contribution in [2.24, 2.45) is 0 Å². The van der Waals surface area contributed by atoms with Gasteiger partial charge >= 0.3 is 5.97 Å². The third kappa shape index (κ3) is 5.73. The molecule has 0 aliphatic carbocycles. The number of carbonyl (C=O) groups is 2. The number of esters is 1. The van der Waals surface area contributed by atoms with Crippen LogP contribution in [0.25, 0.3) is 16.8 Å². The molecule has 0 aliphatic heterocycles. The lowest BCUT2D eigenvalue weighted by molar-refractivity contribution is -0.112. The third-order valence-corrected chi connectivity index (χ3v) is 5.36. The summed E-state index contributed by atoms with van der Waals surface area (Å²) >= 11 is 0. The lowest BCUT2D eigenvalue weighted by atomic mass is 10.1. The highest BCUT2D eigenvalue weighted by Crippen LogP contribution is 2.24. The highest BCUT2D eigenvalue weighted by atomic mass is 16.5. The summed E-state index contributed by atoms with van der Waals surface area (Å²) in [5.74, 6) is -0.480. The molecule has 0 aliphatic rings. The van der Waals surface area contributed by atoms with Crippen LogP contribution in [0.2, 0.25) is 0 Å². The molecule has 1 N–H and O–H groups in total. The Morgan fingerprint density at radius 2 is 1.63 bits per heavy atom. The summed E-state index contributed by atoms with van der Waals surface area (Å²) in [4.78, 5) is 24.3. The van der Waals surface area contributed by atoms with Gasteiger partial charge in [-0.2, -0.15) is 5.26 Å². The maximum atomic E-state index is 12.7. The normalized spacial score (nSPS) is 10.9. The average Bonchev–Trinajstić information content (AvgIpc) is 2.90. The summed E-state index contributed by atoms with van der Waals surface area (Å²) in [6.45, 7) is 0.344. The summed E-state index contributed by atoms with van der Waals surface area (Å²) in [5, 5.41) is 14.6. The number of nitrogens with one attached hydrogen (secondary N) is 1. The van der Waals surface area contributed by atoms with Gasteiger partial charge in [-0.1, -0.05) is 54.6 Å². The monoisotopic (exact) mass is 462 g/mol. The zero-order valence-electron chi connectivity index (χ0n) is 19.0. The van der Waals surface area contributed by atoms with E-state index in [1.807, 2.05) is 36.4 Å². The maximum Gasteiger partial charge on any atom is 0.337 e. The molecule has 0 saturated heterocycles. The highest BCUT2D eigenvalue weighted by molar-refractivity contribution is 6.10. The second kappa shape index (κ2) is 10.8. The Morgan fingerprint density at radius 1 is 0.914 bits per heavy atom. The van der Waals surface area contributed by atoms with E-state index in [0.717, 1.165) is 16.3 Å². The van der Waals surface area contributed by atoms with E-state index in [-0.39, 0.29) is 5.57 Å². The molecule has 4 rings (SSSR count). The Morgan fingerprint density at radius 3 is 2.37 bits per heavy atom. The number of anilines is 1. The molecule has 0 fully saturated rings. The molecule has 0 saturated carbocycles. The van der Waals surface area contributed by atoms with E-state index in [2.05, 4.69) is 34.3 Å². The topological polar surface area (TPSA) is 88.4 Å². The minimum Gasteiger partial charge on any atom is -0.488 e. The Labute approximate surface area is 203 Å². The van der Waals surface area contributed by atoms with Crippen molar-refractivity contribution in [3.63, 3.8) is 0 Å². The number of nitriles is 1. The fraction of sp³-hybridized carbons (Fsp3) is 0.0690. The summed E-state index contributed by atoms with van der Waals surface area (Å²) in [5.41, 5.74) is 2.35. The van der Waals surface area contributed by atoms with Gasteiger partial charge in [0.2, 0.25) is 0 Å². The summed E-state index contributed by atoms with van der Waals surface area (Å²) in [6.07, 6.45) is 1.49. The van der Waals surface area contributed by atoms with Gasteiger partial charge in [0.05, 0.1) is 12.7 Å². The van der Waals surface area contributed by atoms with Crippen molar-refractivity contribution in [3.05, 3.63) is 113 Å². The first-order valence-electron chi connectivity index (χ1n) is 10.9. The molecule has 0 spiro atoms. The minimum atomic E-state index is -0.567. The van der Waals surface area contributed by atoms with Gasteiger partial charge in [-0.25, -0.2) is 4.79 Å². The van der Waals surface area contributed by atoms with Gasteiger partial charge in [-0.3, -0.25) is 4.79 Å². The van der Waals surface area contributed by atoms with Gasteiger partial charge < -0.3 is 14.8 Å². The third-order valence-electron chi connectivity index (χ3n) is 5.36. The molecule has 0 radical (unpaired) electrons. The Balaban J connectivity index is 1.49. The van der Waals surface area contributed by atoms with E-state index in [9.17, 15) is 14.9 Å². The second-order valence-electron chi connectivity index (χ2n) is 7.70. The molecule has 4 aromatic rings. The first-order chi connectivity index (χ1) is 17.1. The van der Waals surface area contributed by atoms with Gasteiger partial charge in [0.1, 0.15) is 24.0 Å². The number of carbonyl (C=O) groups excluding carboxylic acids is 2. The van der Waals surface area contributed by atoms with Crippen LogP contribution in [0.15, 0.2) is 96.6 Å². The molecule has 6 heteroatoms. The Hall–Kier alpha value is -4.89. The molecular weight excluding hydrogens is 440 g/mol. The van der Waals surface area contributed by atoms with Crippen molar-refractivity contribution >= 4 is 34.4 Å². The quantitative estimate of drug-likeness (QED) is 0.215. The molecule has 172 valence electrons. The van der Waals surface area contributed by atoms with Crippen LogP contribution in [0.1, 0.15) is 21.5 Å². The van der Waals surface area contributed by atoms with E-state index in [1.54, 1.807) is 24.3 Å². The minimum absolute atomic E-state index is 0.0798. The van der Waals surface area contributed by atoms with E-state index < -0.39 is 11.9 Å². The van der Waals surface area contributed by atoms with Crippen molar-refractivity contribution in [3.8, 4) is 11.8 Å². The van der Waals surface area contributed by atoms with E-state index >= 15 is 0 Å². The number of para-hydroxylation sites is 1. The van der Waals surface area contributed by atoms with Crippen LogP contribution >= 0.6 is 0 Å². The average molecular weight is 463 g/mol. The largest absolute Gasteiger partial charge is 0.488 e. The molecule has 1 amide bonds. The first-order valence-corrected chi connectivity index (χ1v) is 10.9. The Bertz CT molecular complexity index is 1450. The van der Waals surface area contributed by atoms with Crippen LogP contribution in [0, 0.1) is 11.3 Å². The summed E-state index contributed by atoms with van der Waals surface area (Å²) < 4.78 is 10.7. The zero-order valence-corrected chi connectivity index (χ0v) is 19.0. The lowest BCUT2D eigenvalue weighted by Crippen LogP contribution is -2.13. The van der Waals surface area contributed by atoms with Gasteiger partial charge in [-0.15, -0.1) is 0 Å². The molecule has 35 heavy (non-hydrogen) atoms. The lowest BCUT2D eigenvalue weighted by Gasteiger charge is -2.11. The van der Waals surface area contributed by atoms with E-state index in [4.69, 9.17) is 4.74 Å². The van der Waals surface area contributed by atoms with Crippen molar-refractivity contribution in [2.45, 2.75) is 6.61 Å². The van der Waals surface area contributed by atoms with Crippen molar-refractivity contribution in [1.29, 1.82) is 5.26 Å². The van der Waals surface area contributed by atoms with Gasteiger partial charge in [0.25, 0.3) is 5.91 Å². The summed E-state index contributed by atoms with van der Waals surface area (Å²) in [7, 11) is 1.30. The van der Waals surface area contributed by atoms with Crippen LogP contribution < -0.4 is 10.1 Å². The number of nitrogens with zero attached hydrogens (tertiary/aromatic N) is 1. The predicted octanol–water partition coefficient (Wildman–Crippen LogP) is 5.75. The van der Waals surface area contributed by atoms with Gasteiger partial charge in [0.15, 0.2) is 0 Å². The van der Waals surface area contributed by atoms with Crippen LogP contribution in [-0.2, 0) is 16.1 Å². The molecule has 0 bridgehead atoms. The first kappa shape index (κ1) is 23.3. The second-order valence-corrected chi connectivity index (χ2v) is 7.70. The fourth-order valence-electron chi connectivity index (χ4n) is 3.53. The number of benzene rings is 4. The van der Waals surface area contributed by atoms with Gasteiger partial charge in [-0.05, 0) is 58.8 Å². The number of methoxy groups -OCH3 is 1. The Kier molecular flexibility index (Phi) is 7.19. The van der Waals surface area contributed by atoms with Crippen molar-refractivity contribution < 1.29 is 19.1 Å². The number of hydrogen-bond donors (Lipinski definition) is 1. The molecule has 0 atom stereocenters.